The van der Waals surface area contributed by atoms with Crippen molar-refractivity contribution in [2.45, 2.75) is 133 Å². The van der Waals surface area contributed by atoms with Gasteiger partial charge < -0.3 is 4.90 Å². The number of hydrogen-bond donors (Lipinski definition) is 0. The first-order valence-corrected chi connectivity index (χ1v) is 21.9. The molecule has 0 unspecified atom stereocenters. The summed E-state index contributed by atoms with van der Waals surface area (Å²) in [7, 11) is 0. The molecule has 272 valence electrons. The second-order valence-electron chi connectivity index (χ2n) is 21.5. The molecule has 4 aromatic carbocycles. The maximum Gasteiger partial charge on any atom is 0.0465 e. The van der Waals surface area contributed by atoms with Gasteiger partial charge in [0.15, 0.2) is 0 Å². The van der Waals surface area contributed by atoms with Crippen LogP contribution in [0.25, 0.3) is 11.1 Å². The average molecular weight is 698 g/mol. The molecule has 14 rings (SSSR count). The van der Waals surface area contributed by atoms with Gasteiger partial charge in [-0.2, -0.15) is 0 Å². The lowest BCUT2D eigenvalue weighted by Crippen LogP contribution is -2.55. The Labute approximate surface area is 319 Å². The highest BCUT2D eigenvalue weighted by Crippen LogP contribution is 2.70. The van der Waals surface area contributed by atoms with Crippen molar-refractivity contribution in [2.75, 3.05) is 4.90 Å². The number of nitrogens with zero attached hydrogens (tertiary/aromatic N) is 1. The molecule has 1 heteroatoms. The first-order chi connectivity index (χ1) is 25.6. The van der Waals surface area contributed by atoms with Gasteiger partial charge in [0.05, 0.1) is 0 Å². The number of hydrogen-bond acceptors (Lipinski definition) is 1. The van der Waals surface area contributed by atoms with E-state index in [1.54, 1.807) is 27.8 Å². The van der Waals surface area contributed by atoms with E-state index in [1.807, 2.05) is 0 Å². The maximum absolute atomic E-state index is 2.71. The number of fused-ring (bicyclic) bond motifs is 4. The Morgan fingerprint density at radius 2 is 0.962 bits per heavy atom. The number of benzene rings is 4. The predicted molar refractivity (Wildman–Crippen MR) is 220 cm³/mol. The normalized spacial score (nSPS) is 37.1. The largest absolute Gasteiger partial charge is 0.310 e. The lowest BCUT2D eigenvalue weighted by atomic mass is 9.43. The number of rotatable bonds is 4. The minimum Gasteiger partial charge on any atom is -0.310 e. The SMILES string of the molecule is CC1(C)CCC(C)(C)c2cc(N(c3ccc(C45CC6CC(CC(C6)C4)C5)cc3)c3ccc4c(c3)C3(c5ccccc5-4)C4CC5CC(C4)CC3C5)ccc21. The van der Waals surface area contributed by atoms with Crippen molar-refractivity contribution in [2.24, 2.45) is 41.4 Å². The Bertz CT molecular complexity index is 2080. The van der Waals surface area contributed by atoms with Crippen LogP contribution in [0, 0.1) is 41.4 Å². The van der Waals surface area contributed by atoms with Crippen LogP contribution in [0.2, 0.25) is 0 Å². The van der Waals surface area contributed by atoms with Gasteiger partial charge in [-0.05, 0) is 216 Å². The van der Waals surface area contributed by atoms with Crippen molar-refractivity contribution in [3.05, 3.63) is 113 Å². The Hall–Kier alpha value is -3.32. The second-order valence-corrected chi connectivity index (χ2v) is 21.5. The standard InChI is InChI=1S/C52H59N/c1-49(2)17-18-50(3,4)48-28-42(14-16-46(48)49)53(40-11-9-37(10-12-40)51-29-34-20-35(30-51)22-36(21-34)31-51)41-13-15-44-43-7-5-6-8-45(43)52(47(44)27-41)38-23-32-19-33(25-38)26-39(52)24-32/h5-16,27-28,32-36,38-39H,17-26,29-31H2,1-4H3. The Morgan fingerprint density at radius 1 is 0.453 bits per heavy atom. The van der Waals surface area contributed by atoms with Crippen LogP contribution in [0.15, 0.2) is 84.9 Å². The molecular weight excluding hydrogens is 639 g/mol. The molecule has 8 bridgehead atoms. The van der Waals surface area contributed by atoms with E-state index in [9.17, 15) is 0 Å². The summed E-state index contributed by atoms with van der Waals surface area (Å²) in [4.78, 5) is 2.66. The Balaban J connectivity index is 1.02. The Kier molecular flexibility index (Phi) is 6.46. The molecule has 8 fully saturated rings. The molecule has 0 atom stereocenters. The smallest absolute Gasteiger partial charge is 0.0465 e. The third-order valence-electron chi connectivity index (χ3n) is 17.7. The lowest BCUT2D eigenvalue weighted by molar-refractivity contribution is -0.0399. The van der Waals surface area contributed by atoms with Gasteiger partial charge in [0, 0.05) is 22.5 Å². The summed E-state index contributed by atoms with van der Waals surface area (Å²) < 4.78 is 0. The van der Waals surface area contributed by atoms with Gasteiger partial charge in [0.1, 0.15) is 0 Å². The minimum atomic E-state index is 0.166. The van der Waals surface area contributed by atoms with Crippen molar-refractivity contribution in [1.29, 1.82) is 0 Å². The summed E-state index contributed by atoms with van der Waals surface area (Å²) in [5.74, 6) is 6.35. The van der Waals surface area contributed by atoms with Crippen LogP contribution >= 0.6 is 0 Å². The summed E-state index contributed by atoms with van der Waals surface area (Å²) in [5.41, 5.74) is 16.0. The van der Waals surface area contributed by atoms with Crippen LogP contribution in [0.3, 0.4) is 0 Å². The van der Waals surface area contributed by atoms with Crippen LogP contribution in [0.4, 0.5) is 17.1 Å². The molecule has 1 nitrogen and oxygen atoms in total. The van der Waals surface area contributed by atoms with Crippen molar-refractivity contribution >= 4 is 17.1 Å². The van der Waals surface area contributed by atoms with E-state index in [0.29, 0.717) is 5.41 Å². The van der Waals surface area contributed by atoms with E-state index in [-0.39, 0.29) is 16.2 Å². The van der Waals surface area contributed by atoms with Crippen LogP contribution in [-0.4, -0.2) is 0 Å². The van der Waals surface area contributed by atoms with Gasteiger partial charge >= 0.3 is 0 Å². The van der Waals surface area contributed by atoms with Gasteiger partial charge in [-0.15, -0.1) is 0 Å². The molecule has 0 saturated heterocycles. The van der Waals surface area contributed by atoms with E-state index in [4.69, 9.17) is 0 Å². The summed E-state index contributed by atoms with van der Waals surface area (Å²) in [6.07, 6.45) is 18.5. The predicted octanol–water partition coefficient (Wildman–Crippen LogP) is 13.7. The van der Waals surface area contributed by atoms with E-state index >= 15 is 0 Å². The molecule has 10 aliphatic rings. The molecule has 0 radical (unpaired) electrons. The fraction of sp³-hybridized carbons (Fsp3) is 0.538. The van der Waals surface area contributed by atoms with Crippen molar-refractivity contribution in [1.82, 2.24) is 0 Å². The third-order valence-corrected chi connectivity index (χ3v) is 17.7. The van der Waals surface area contributed by atoms with E-state index < -0.39 is 0 Å². The molecule has 0 heterocycles. The third kappa shape index (κ3) is 4.38. The summed E-state index contributed by atoms with van der Waals surface area (Å²) in [6.45, 7) is 9.89. The van der Waals surface area contributed by atoms with Gasteiger partial charge in [0.2, 0.25) is 0 Å². The summed E-state index contributed by atoms with van der Waals surface area (Å²) in [6, 6.07) is 35.1. The molecule has 0 amide bonds. The second kappa shape index (κ2) is 10.7. The molecule has 10 aliphatic carbocycles. The molecule has 0 aromatic heterocycles. The lowest BCUT2D eigenvalue weighted by Gasteiger charge is -2.61. The van der Waals surface area contributed by atoms with Crippen LogP contribution in [0.1, 0.15) is 139 Å². The van der Waals surface area contributed by atoms with E-state index in [2.05, 4.69) is 118 Å². The van der Waals surface area contributed by atoms with Crippen molar-refractivity contribution in [3.8, 4) is 11.1 Å². The quantitative estimate of drug-likeness (QED) is 0.205. The molecule has 8 saturated carbocycles. The average Bonchev–Trinajstić information content (AvgIpc) is 3.42. The highest BCUT2D eigenvalue weighted by Gasteiger charge is 2.61. The fourth-order valence-electron chi connectivity index (χ4n) is 15.9. The zero-order valence-corrected chi connectivity index (χ0v) is 32.8. The molecular formula is C52H59N. The topological polar surface area (TPSA) is 3.24 Å². The number of anilines is 3. The van der Waals surface area contributed by atoms with Gasteiger partial charge in [0.25, 0.3) is 0 Å². The fourth-order valence-corrected chi connectivity index (χ4v) is 15.9. The van der Waals surface area contributed by atoms with Crippen LogP contribution < -0.4 is 4.90 Å². The minimum absolute atomic E-state index is 0.166. The van der Waals surface area contributed by atoms with Crippen LogP contribution in [-0.2, 0) is 21.7 Å². The Morgan fingerprint density at radius 3 is 1.60 bits per heavy atom. The maximum atomic E-state index is 2.71. The molecule has 53 heavy (non-hydrogen) atoms. The zero-order chi connectivity index (χ0) is 35.5. The summed E-state index contributed by atoms with van der Waals surface area (Å²) >= 11 is 0. The van der Waals surface area contributed by atoms with Gasteiger partial charge in [-0.1, -0.05) is 76.2 Å². The highest BCUT2D eigenvalue weighted by molar-refractivity contribution is 5.86. The molecule has 0 aliphatic heterocycles. The van der Waals surface area contributed by atoms with Crippen molar-refractivity contribution < 1.29 is 0 Å². The van der Waals surface area contributed by atoms with Crippen LogP contribution in [0.5, 0.6) is 0 Å². The first kappa shape index (κ1) is 32.0. The molecule has 1 spiro atoms. The van der Waals surface area contributed by atoms with E-state index in [1.165, 1.54) is 112 Å². The van der Waals surface area contributed by atoms with Gasteiger partial charge in [-0.3, -0.25) is 0 Å². The highest BCUT2D eigenvalue weighted by atomic mass is 15.1. The van der Waals surface area contributed by atoms with Crippen molar-refractivity contribution in [3.63, 3.8) is 0 Å². The van der Waals surface area contributed by atoms with Gasteiger partial charge in [-0.25, -0.2) is 0 Å². The molecule has 0 N–H and O–H groups in total. The van der Waals surface area contributed by atoms with E-state index in [0.717, 1.165) is 41.4 Å². The monoisotopic (exact) mass is 697 g/mol. The zero-order valence-electron chi connectivity index (χ0n) is 32.8. The molecule has 4 aromatic rings. The summed E-state index contributed by atoms with van der Waals surface area (Å²) in [5, 5.41) is 0. The first-order valence-electron chi connectivity index (χ1n) is 21.9.